The van der Waals surface area contributed by atoms with Gasteiger partial charge in [0.15, 0.2) is 0 Å². The molecule has 0 bridgehead atoms. The Balaban J connectivity index is 1.57. The minimum atomic E-state index is -0.509. The predicted octanol–water partition coefficient (Wildman–Crippen LogP) is 4.08. The molecule has 1 heterocycles. The molecule has 30 heavy (non-hydrogen) atoms. The van der Waals surface area contributed by atoms with Crippen LogP contribution in [-0.2, 0) is 0 Å². The lowest BCUT2D eigenvalue weighted by molar-refractivity contribution is -0.385. The first-order chi connectivity index (χ1) is 14.4. The Labute approximate surface area is 173 Å². The van der Waals surface area contributed by atoms with Crippen molar-refractivity contribution in [1.82, 2.24) is 4.90 Å². The average Bonchev–Trinajstić information content (AvgIpc) is 2.99. The maximum Gasteiger partial charge on any atom is 0.274 e. The number of nitrogens with zero attached hydrogens (tertiary/aromatic N) is 2. The first kappa shape index (κ1) is 19.8. The van der Waals surface area contributed by atoms with Crippen LogP contribution >= 0.6 is 0 Å². The zero-order chi connectivity index (χ0) is 21.4. The zero-order valence-corrected chi connectivity index (χ0v) is 16.5. The molecule has 3 amide bonds. The molecule has 1 aliphatic carbocycles. The highest BCUT2D eigenvalue weighted by Crippen LogP contribution is 2.31. The van der Waals surface area contributed by atoms with Gasteiger partial charge in [-0.1, -0.05) is 25.3 Å². The first-order valence-electron chi connectivity index (χ1n) is 9.95. The number of nitro groups is 1. The highest BCUT2D eigenvalue weighted by molar-refractivity contribution is 6.22. The number of anilines is 1. The van der Waals surface area contributed by atoms with Crippen LogP contribution < -0.4 is 5.32 Å². The normalized spacial score (nSPS) is 16.5. The lowest BCUT2D eigenvalue weighted by Gasteiger charge is -2.29. The number of rotatable bonds is 4. The molecule has 154 valence electrons. The van der Waals surface area contributed by atoms with Gasteiger partial charge in [-0.3, -0.25) is 29.4 Å². The van der Waals surface area contributed by atoms with E-state index in [4.69, 9.17) is 0 Å². The fraction of sp³-hybridized carbons (Fsp3) is 0.318. The quantitative estimate of drug-likeness (QED) is 0.466. The van der Waals surface area contributed by atoms with E-state index >= 15 is 0 Å². The number of amides is 3. The molecule has 1 saturated carbocycles. The maximum atomic E-state index is 12.9. The molecule has 2 aliphatic rings. The molecule has 1 fully saturated rings. The number of nitrogens with one attached hydrogen (secondary N) is 1. The number of hydrogen-bond acceptors (Lipinski definition) is 5. The van der Waals surface area contributed by atoms with Gasteiger partial charge in [0.2, 0.25) is 0 Å². The van der Waals surface area contributed by atoms with Gasteiger partial charge in [0, 0.05) is 28.9 Å². The smallest absolute Gasteiger partial charge is 0.274 e. The van der Waals surface area contributed by atoms with Crippen LogP contribution in [0.1, 0.15) is 68.7 Å². The predicted molar refractivity (Wildman–Crippen MR) is 110 cm³/mol. The van der Waals surface area contributed by atoms with E-state index in [0.717, 1.165) is 32.1 Å². The monoisotopic (exact) mass is 407 g/mol. The first-order valence-corrected chi connectivity index (χ1v) is 9.95. The van der Waals surface area contributed by atoms with E-state index in [1.807, 2.05) is 0 Å². The summed E-state index contributed by atoms with van der Waals surface area (Å²) in [5.74, 6) is -1.17. The fourth-order valence-electron chi connectivity index (χ4n) is 4.16. The van der Waals surface area contributed by atoms with Crippen molar-refractivity contribution in [2.45, 2.75) is 45.1 Å². The van der Waals surface area contributed by atoms with Gasteiger partial charge < -0.3 is 5.32 Å². The molecule has 8 heteroatoms. The molecule has 2 aromatic rings. The molecule has 0 radical (unpaired) electrons. The van der Waals surface area contributed by atoms with Gasteiger partial charge in [0.05, 0.1) is 16.1 Å². The third-order valence-corrected chi connectivity index (χ3v) is 5.78. The van der Waals surface area contributed by atoms with Crippen molar-refractivity contribution in [2.24, 2.45) is 0 Å². The Morgan fingerprint density at radius 1 is 1.03 bits per heavy atom. The highest BCUT2D eigenvalue weighted by atomic mass is 16.6. The van der Waals surface area contributed by atoms with E-state index in [9.17, 15) is 24.5 Å². The molecule has 2 aromatic carbocycles. The molecule has 4 rings (SSSR count). The second-order valence-corrected chi connectivity index (χ2v) is 7.75. The summed E-state index contributed by atoms with van der Waals surface area (Å²) in [5, 5.41) is 13.7. The van der Waals surface area contributed by atoms with Crippen molar-refractivity contribution in [3.8, 4) is 0 Å². The molecule has 1 aliphatic heterocycles. The second kappa shape index (κ2) is 7.70. The van der Waals surface area contributed by atoms with Crippen molar-refractivity contribution in [3.63, 3.8) is 0 Å². The van der Waals surface area contributed by atoms with Crippen molar-refractivity contribution < 1.29 is 19.3 Å². The lowest BCUT2D eigenvalue weighted by Crippen LogP contribution is -2.40. The second-order valence-electron chi connectivity index (χ2n) is 7.75. The van der Waals surface area contributed by atoms with Gasteiger partial charge in [-0.25, -0.2) is 0 Å². The summed E-state index contributed by atoms with van der Waals surface area (Å²) in [7, 11) is 0. The number of imide groups is 1. The summed E-state index contributed by atoms with van der Waals surface area (Å²) in [6.07, 6.45) is 4.72. The van der Waals surface area contributed by atoms with Crippen LogP contribution in [-0.4, -0.2) is 33.6 Å². The van der Waals surface area contributed by atoms with Crippen molar-refractivity contribution in [2.75, 3.05) is 5.32 Å². The number of hydrogen-bond donors (Lipinski definition) is 1. The number of aryl methyl sites for hydroxylation is 1. The van der Waals surface area contributed by atoms with E-state index in [1.54, 1.807) is 19.1 Å². The Kier molecular flexibility index (Phi) is 5.07. The van der Waals surface area contributed by atoms with Crippen LogP contribution in [0.4, 0.5) is 11.4 Å². The summed E-state index contributed by atoms with van der Waals surface area (Å²) >= 11 is 0. The highest BCUT2D eigenvalue weighted by Gasteiger charge is 2.40. The molecule has 0 unspecified atom stereocenters. The van der Waals surface area contributed by atoms with Gasteiger partial charge in [-0.2, -0.15) is 0 Å². The Morgan fingerprint density at radius 3 is 2.43 bits per heavy atom. The number of nitro benzene ring substituents is 1. The largest absolute Gasteiger partial charge is 0.322 e. The Hall–Kier alpha value is -3.55. The Bertz CT molecular complexity index is 1070. The van der Waals surface area contributed by atoms with Crippen molar-refractivity contribution in [1.29, 1.82) is 0 Å². The molecular formula is C22H21N3O5. The minimum Gasteiger partial charge on any atom is -0.322 e. The van der Waals surface area contributed by atoms with Crippen LogP contribution in [0.2, 0.25) is 0 Å². The van der Waals surface area contributed by atoms with Crippen LogP contribution in [0.3, 0.4) is 0 Å². The molecule has 0 atom stereocenters. The van der Waals surface area contributed by atoms with Crippen molar-refractivity contribution in [3.05, 3.63) is 68.8 Å². The molecule has 0 aromatic heterocycles. The third kappa shape index (κ3) is 3.45. The Morgan fingerprint density at radius 2 is 1.73 bits per heavy atom. The summed E-state index contributed by atoms with van der Waals surface area (Å²) in [6.45, 7) is 1.62. The van der Waals surface area contributed by atoms with E-state index < -0.39 is 10.8 Å². The van der Waals surface area contributed by atoms with Gasteiger partial charge >= 0.3 is 0 Å². The van der Waals surface area contributed by atoms with E-state index in [1.165, 1.54) is 29.2 Å². The van der Waals surface area contributed by atoms with Crippen LogP contribution in [0.5, 0.6) is 0 Å². The molecule has 1 N–H and O–H groups in total. The topological polar surface area (TPSA) is 110 Å². The standard InChI is InChI=1S/C22H21N3O5/c1-13-7-9-15(12-19(13)25(29)30)23-20(26)14-8-10-17-18(11-14)22(28)24(21(17)27)16-5-3-2-4-6-16/h7-12,16H,2-6H2,1H3,(H,23,26). The minimum absolute atomic E-state index is 0.0865. The van der Waals surface area contributed by atoms with Crippen molar-refractivity contribution >= 4 is 29.1 Å². The van der Waals surface area contributed by atoms with Crippen LogP contribution in [0, 0.1) is 17.0 Å². The summed E-state index contributed by atoms with van der Waals surface area (Å²) < 4.78 is 0. The van der Waals surface area contributed by atoms with E-state index in [-0.39, 0.29) is 40.4 Å². The van der Waals surface area contributed by atoms with Crippen LogP contribution in [0.15, 0.2) is 36.4 Å². The lowest BCUT2D eigenvalue weighted by atomic mass is 9.94. The van der Waals surface area contributed by atoms with Gasteiger partial charge in [-0.05, 0) is 44.0 Å². The number of carbonyl (C=O) groups excluding carboxylic acids is 3. The zero-order valence-electron chi connectivity index (χ0n) is 16.5. The van der Waals surface area contributed by atoms with Gasteiger partial charge in [-0.15, -0.1) is 0 Å². The fourth-order valence-corrected chi connectivity index (χ4v) is 4.16. The third-order valence-electron chi connectivity index (χ3n) is 5.78. The molecule has 0 saturated heterocycles. The van der Waals surface area contributed by atoms with Crippen LogP contribution in [0.25, 0.3) is 0 Å². The van der Waals surface area contributed by atoms with E-state index in [2.05, 4.69) is 5.32 Å². The molecule has 8 nitrogen and oxygen atoms in total. The summed E-state index contributed by atoms with van der Waals surface area (Å²) in [4.78, 5) is 50.2. The maximum absolute atomic E-state index is 12.9. The molecule has 0 spiro atoms. The number of benzene rings is 2. The van der Waals surface area contributed by atoms with Gasteiger partial charge in [0.1, 0.15) is 0 Å². The summed E-state index contributed by atoms with van der Waals surface area (Å²) in [5.41, 5.74) is 1.43. The van der Waals surface area contributed by atoms with Gasteiger partial charge in [0.25, 0.3) is 23.4 Å². The average molecular weight is 407 g/mol. The summed E-state index contributed by atoms with van der Waals surface area (Å²) in [6, 6.07) is 8.76. The van der Waals surface area contributed by atoms with E-state index in [0.29, 0.717) is 11.1 Å². The number of fused-ring (bicyclic) bond motifs is 1. The number of carbonyl (C=O) groups is 3. The molecular weight excluding hydrogens is 386 g/mol. The SMILES string of the molecule is Cc1ccc(NC(=O)c2ccc3c(c2)C(=O)N(C2CCCCC2)C3=O)cc1[N+](=O)[O-].